The molecule has 1 aromatic heterocycles. The van der Waals surface area contributed by atoms with E-state index in [2.05, 4.69) is 51.6 Å². The van der Waals surface area contributed by atoms with Gasteiger partial charge in [-0.25, -0.2) is 0 Å². The zero-order valence-electron chi connectivity index (χ0n) is 17.9. The van der Waals surface area contributed by atoms with Gasteiger partial charge in [0.25, 0.3) is 0 Å². The standard InChI is InChI=1S/C25H32N2O2S/c1-28-24-7-4-22(5-8-24)20-27-13-11-26(12-14-27)15-17-29-16-2-3-21-6-9-25-23(19-21)10-18-30-25/h4-10,18-19H,2-3,11-17,20H2,1H3. The van der Waals surface area contributed by atoms with Crippen LogP contribution in [0.5, 0.6) is 5.75 Å². The maximum Gasteiger partial charge on any atom is 0.118 e. The molecule has 30 heavy (non-hydrogen) atoms. The van der Waals surface area contributed by atoms with Gasteiger partial charge < -0.3 is 9.47 Å². The molecule has 2 heterocycles. The smallest absolute Gasteiger partial charge is 0.118 e. The second-order valence-electron chi connectivity index (χ2n) is 7.97. The first kappa shape index (κ1) is 21.3. The molecule has 5 heteroatoms. The van der Waals surface area contributed by atoms with E-state index in [-0.39, 0.29) is 0 Å². The quantitative estimate of drug-likeness (QED) is 0.441. The molecular formula is C25H32N2O2S. The lowest BCUT2D eigenvalue weighted by Crippen LogP contribution is -2.46. The second-order valence-corrected chi connectivity index (χ2v) is 8.92. The summed E-state index contributed by atoms with van der Waals surface area (Å²) in [4.78, 5) is 5.05. The summed E-state index contributed by atoms with van der Waals surface area (Å²) in [6.45, 7) is 8.23. The molecule has 4 rings (SSSR count). The summed E-state index contributed by atoms with van der Waals surface area (Å²) in [6, 6.07) is 17.4. The van der Waals surface area contributed by atoms with Gasteiger partial charge in [0.2, 0.25) is 0 Å². The van der Waals surface area contributed by atoms with Crippen molar-refractivity contribution in [2.75, 3.05) is 53.0 Å². The second kappa shape index (κ2) is 10.9. The predicted octanol–water partition coefficient (Wildman–Crippen LogP) is 4.68. The summed E-state index contributed by atoms with van der Waals surface area (Å²) in [6.07, 6.45) is 2.18. The third-order valence-electron chi connectivity index (χ3n) is 5.85. The molecule has 0 unspecified atom stereocenters. The van der Waals surface area contributed by atoms with Crippen molar-refractivity contribution in [3.8, 4) is 5.75 Å². The van der Waals surface area contributed by atoms with Gasteiger partial charge in [-0.2, -0.15) is 0 Å². The summed E-state index contributed by atoms with van der Waals surface area (Å²) >= 11 is 1.81. The lowest BCUT2D eigenvalue weighted by atomic mass is 10.1. The monoisotopic (exact) mass is 424 g/mol. The molecule has 0 bridgehead atoms. The summed E-state index contributed by atoms with van der Waals surface area (Å²) < 4.78 is 12.5. The van der Waals surface area contributed by atoms with Crippen LogP contribution in [0.25, 0.3) is 10.1 Å². The van der Waals surface area contributed by atoms with Crippen molar-refractivity contribution in [2.24, 2.45) is 0 Å². The van der Waals surface area contributed by atoms with Crippen LogP contribution in [0.4, 0.5) is 0 Å². The van der Waals surface area contributed by atoms with Gasteiger partial charge in [-0.15, -0.1) is 11.3 Å². The number of nitrogens with zero attached hydrogens (tertiary/aromatic N) is 2. The van der Waals surface area contributed by atoms with Crippen molar-refractivity contribution in [1.29, 1.82) is 0 Å². The molecule has 0 N–H and O–H groups in total. The van der Waals surface area contributed by atoms with Gasteiger partial charge in [-0.05, 0) is 59.0 Å². The molecular weight excluding hydrogens is 392 g/mol. The molecule has 4 nitrogen and oxygen atoms in total. The fourth-order valence-corrected chi connectivity index (χ4v) is 4.78. The van der Waals surface area contributed by atoms with E-state index in [0.29, 0.717) is 0 Å². The third-order valence-corrected chi connectivity index (χ3v) is 6.75. The lowest BCUT2D eigenvalue weighted by Gasteiger charge is -2.34. The van der Waals surface area contributed by atoms with Crippen LogP contribution < -0.4 is 4.74 Å². The molecule has 160 valence electrons. The van der Waals surface area contributed by atoms with Gasteiger partial charge in [0, 0.05) is 50.6 Å². The molecule has 0 amide bonds. The number of ether oxygens (including phenoxy) is 2. The van der Waals surface area contributed by atoms with Gasteiger partial charge in [-0.1, -0.05) is 24.3 Å². The molecule has 1 saturated heterocycles. The van der Waals surface area contributed by atoms with Crippen LogP contribution in [-0.4, -0.2) is 62.8 Å². The summed E-state index contributed by atoms with van der Waals surface area (Å²) in [5, 5.41) is 3.53. The Kier molecular flexibility index (Phi) is 7.76. The molecule has 1 aliphatic heterocycles. The zero-order chi connectivity index (χ0) is 20.6. The number of piperazine rings is 1. The summed E-state index contributed by atoms with van der Waals surface area (Å²) in [5.41, 5.74) is 2.77. The molecule has 0 saturated carbocycles. The Morgan fingerprint density at radius 2 is 1.63 bits per heavy atom. The highest BCUT2D eigenvalue weighted by atomic mass is 32.1. The molecule has 0 atom stereocenters. The lowest BCUT2D eigenvalue weighted by molar-refractivity contribution is 0.0727. The van der Waals surface area contributed by atoms with Gasteiger partial charge in [0.1, 0.15) is 5.75 Å². The Bertz CT molecular complexity index is 901. The van der Waals surface area contributed by atoms with E-state index in [1.165, 1.54) is 21.2 Å². The molecule has 3 aromatic rings. The van der Waals surface area contributed by atoms with Crippen molar-refractivity contribution in [3.63, 3.8) is 0 Å². The number of aryl methyl sites for hydroxylation is 1. The number of methoxy groups -OCH3 is 1. The van der Waals surface area contributed by atoms with Crippen LogP contribution >= 0.6 is 11.3 Å². The fourth-order valence-electron chi connectivity index (χ4n) is 4.01. The average Bonchev–Trinajstić information content (AvgIpc) is 3.26. The van der Waals surface area contributed by atoms with E-state index in [0.717, 1.165) is 71.1 Å². The highest BCUT2D eigenvalue weighted by molar-refractivity contribution is 7.17. The minimum Gasteiger partial charge on any atom is -0.497 e. The van der Waals surface area contributed by atoms with Gasteiger partial charge in [0.15, 0.2) is 0 Å². The van der Waals surface area contributed by atoms with Crippen LogP contribution in [0.3, 0.4) is 0 Å². The number of thiophene rings is 1. The Labute approximate surface area is 184 Å². The third kappa shape index (κ3) is 6.05. The van der Waals surface area contributed by atoms with Crippen LogP contribution in [0.1, 0.15) is 17.5 Å². The van der Waals surface area contributed by atoms with E-state index in [4.69, 9.17) is 9.47 Å². The van der Waals surface area contributed by atoms with Crippen molar-refractivity contribution in [3.05, 3.63) is 65.0 Å². The van der Waals surface area contributed by atoms with Crippen LogP contribution in [0, 0.1) is 0 Å². The Balaban J connectivity index is 1.07. The fraction of sp³-hybridized carbons (Fsp3) is 0.440. The molecule has 0 spiro atoms. The van der Waals surface area contributed by atoms with E-state index < -0.39 is 0 Å². The van der Waals surface area contributed by atoms with Crippen LogP contribution in [-0.2, 0) is 17.7 Å². The van der Waals surface area contributed by atoms with Crippen molar-refractivity contribution in [2.45, 2.75) is 19.4 Å². The maximum atomic E-state index is 5.91. The highest BCUT2D eigenvalue weighted by Crippen LogP contribution is 2.22. The minimum atomic E-state index is 0.835. The molecule has 1 fully saturated rings. The number of rotatable bonds is 10. The number of hydrogen-bond donors (Lipinski definition) is 0. The zero-order valence-corrected chi connectivity index (χ0v) is 18.7. The van der Waals surface area contributed by atoms with E-state index >= 15 is 0 Å². The topological polar surface area (TPSA) is 24.9 Å². The SMILES string of the molecule is COc1ccc(CN2CCN(CCOCCCc3ccc4sccc4c3)CC2)cc1. The molecule has 0 aliphatic carbocycles. The van der Waals surface area contributed by atoms with Crippen molar-refractivity contribution in [1.82, 2.24) is 9.80 Å². The van der Waals surface area contributed by atoms with Crippen molar-refractivity contribution >= 4 is 21.4 Å². The first-order valence-corrected chi connectivity index (χ1v) is 11.8. The van der Waals surface area contributed by atoms with Gasteiger partial charge in [0.05, 0.1) is 13.7 Å². The first-order valence-electron chi connectivity index (χ1n) is 10.9. The minimum absolute atomic E-state index is 0.835. The predicted molar refractivity (Wildman–Crippen MR) is 126 cm³/mol. The Morgan fingerprint density at radius 1 is 0.867 bits per heavy atom. The maximum absolute atomic E-state index is 5.91. The molecule has 0 radical (unpaired) electrons. The summed E-state index contributed by atoms with van der Waals surface area (Å²) in [5.74, 6) is 0.923. The normalized spacial score (nSPS) is 15.6. The molecule has 1 aliphatic rings. The van der Waals surface area contributed by atoms with Gasteiger partial charge in [-0.3, -0.25) is 9.80 Å². The number of fused-ring (bicyclic) bond motifs is 1. The van der Waals surface area contributed by atoms with Crippen LogP contribution in [0.2, 0.25) is 0 Å². The van der Waals surface area contributed by atoms with E-state index in [9.17, 15) is 0 Å². The number of benzene rings is 2. The summed E-state index contributed by atoms with van der Waals surface area (Å²) in [7, 11) is 1.71. The molecule has 2 aromatic carbocycles. The Hall–Kier alpha value is -1.92. The number of hydrogen-bond acceptors (Lipinski definition) is 5. The Morgan fingerprint density at radius 3 is 2.43 bits per heavy atom. The van der Waals surface area contributed by atoms with Crippen LogP contribution in [0.15, 0.2) is 53.9 Å². The highest BCUT2D eigenvalue weighted by Gasteiger charge is 2.16. The average molecular weight is 425 g/mol. The van der Waals surface area contributed by atoms with E-state index in [1.54, 1.807) is 7.11 Å². The van der Waals surface area contributed by atoms with E-state index in [1.807, 2.05) is 23.5 Å². The first-order chi connectivity index (χ1) is 14.8. The van der Waals surface area contributed by atoms with Gasteiger partial charge >= 0.3 is 0 Å². The van der Waals surface area contributed by atoms with Crippen molar-refractivity contribution < 1.29 is 9.47 Å². The largest absolute Gasteiger partial charge is 0.497 e.